The van der Waals surface area contributed by atoms with Gasteiger partial charge in [0.2, 0.25) is 10.0 Å². The van der Waals surface area contributed by atoms with E-state index in [2.05, 4.69) is 5.32 Å². The minimum atomic E-state index is -3.77. The molecule has 1 aliphatic carbocycles. The smallest absolute Gasteiger partial charge is 0.412 e. The minimum absolute atomic E-state index is 0.223. The molecule has 1 aliphatic rings. The van der Waals surface area contributed by atoms with Crippen molar-refractivity contribution in [3.8, 4) is 5.75 Å². The fourth-order valence-electron chi connectivity index (χ4n) is 3.90. The summed E-state index contributed by atoms with van der Waals surface area (Å²) >= 11 is 0. The van der Waals surface area contributed by atoms with Crippen molar-refractivity contribution in [3.63, 3.8) is 0 Å². The highest BCUT2D eigenvalue weighted by atomic mass is 32.2. The first-order chi connectivity index (χ1) is 16.4. The quantitative estimate of drug-likeness (QED) is 0.438. The van der Waals surface area contributed by atoms with Gasteiger partial charge in [-0.1, -0.05) is 24.3 Å². The first-order valence-corrected chi connectivity index (χ1v) is 13.0. The molecule has 1 fully saturated rings. The van der Waals surface area contributed by atoms with E-state index in [9.17, 15) is 13.2 Å². The van der Waals surface area contributed by atoms with Crippen LogP contribution in [-0.4, -0.2) is 37.1 Å². The van der Waals surface area contributed by atoms with E-state index < -0.39 is 27.3 Å². The molecule has 0 unspecified atom stereocenters. The molecule has 0 radical (unpaired) electrons. The summed E-state index contributed by atoms with van der Waals surface area (Å²) in [6, 6.07) is 17.9. The van der Waals surface area contributed by atoms with Gasteiger partial charge in [-0.25, -0.2) is 13.2 Å². The number of anilines is 1. The number of sulfonamides is 1. The number of methoxy groups -OCH3 is 1. The first kappa shape index (κ1) is 25.0. The molecule has 3 aromatic carbocycles. The van der Waals surface area contributed by atoms with Crippen LogP contribution in [0.4, 0.5) is 10.5 Å². The Hall–Kier alpha value is -3.10. The molecule has 0 saturated heterocycles. The number of hydrogen-bond acceptors (Lipinski definition) is 5. The van der Waals surface area contributed by atoms with E-state index in [0.717, 1.165) is 29.5 Å². The zero-order valence-electron chi connectivity index (χ0n) is 20.8. The summed E-state index contributed by atoms with van der Waals surface area (Å²) in [6.07, 6.45) is 1.08. The molecule has 0 atom stereocenters. The van der Waals surface area contributed by atoms with E-state index in [1.165, 1.54) is 0 Å². The summed E-state index contributed by atoms with van der Waals surface area (Å²) in [6.45, 7) is 7.64. The molecule has 7 nitrogen and oxygen atoms in total. The van der Waals surface area contributed by atoms with E-state index in [1.807, 2.05) is 37.3 Å². The number of carbonyl (C=O) groups excluding carboxylic acids is 1. The van der Waals surface area contributed by atoms with Gasteiger partial charge in [-0.2, -0.15) is 4.31 Å². The van der Waals surface area contributed by atoms with Gasteiger partial charge in [0.15, 0.2) is 0 Å². The molecule has 4 rings (SSSR count). The summed E-state index contributed by atoms with van der Waals surface area (Å²) in [7, 11) is -2.17. The van der Waals surface area contributed by atoms with Crippen molar-refractivity contribution in [1.82, 2.24) is 4.31 Å². The second-order valence-corrected chi connectivity index (χ2v) is 12.1. The fourth-order valence-corrected chi connectivity index (χ4v) is 5.76. The third-order valence-electron chi connectivity index (χ3n) is 6.11. The lowest BCUT2D eigenvalue weighted by Crippen LogP contribution is -2.39. The predicted octanol–water partition coefficient (Wildman–Crippen LogP) is 5.94. The first-order valence-electron chi connectivity index (χ1n) is 11.6. The molecule has 1 amide bonds. The number of rotatable bonds is 7. The summed E-state index contributed by atoms with van der Waals surface area (Å²) in [4.78, 5) is 12.4. The zero-order valence-corrected chi connectivity index (χ0v) is 21.6. The van der Waals surface area contributed by atoms with Crippen LogP contribution in [0.15, 0.2) is 65.6 Å². The summed E-state index contributed by atoms with van der Waals surface area (Å²) in [5, 5.41) is 4.30. The van der Waals surface area contributed by atoms with Gasteiger partial charge in [0.25, 0.3) is 0 Å². The van der Waals surface area contributed by atoms with Crippen LogP contribution < -0.4 is 10.1 Å². The van der Waals surface area contributed by atoms with E-state index in [4.69, 9.17) is 9.47 Å². The fraction of sp³-hybridized carbons (Fsp3) is 0.370. The molecule has 8 heteroatoms. The van der Waals surface area contributed by atoms with Gasteiger partial charge in [-0.3, -0.25) is 5.32 Å². The average molecular weight is 497 g/mol. The molecule has 186 valence electrons. The number of benzene rings is 3. The Morgan fingerprint density at radius 1 is 1.00 bits per heavy atom. The number of nitrogens with one attached hydrogen (secondary N) is 1. The van der Waals surface area contributed by atoms with Crippen molar-refractivity contribution in [2.24, 2.45) is 0 Å². The molecule has 0 aliphatic heterocycles. The van der Waals surface area contributed by atoms with Crippen LogP contribution in [0.3, 0.4) is 0 Å². The van der Waals surface area contributed by atoms with Crippen molar-refractivity contribution in [2.45, 2.75) is 63.1 Å². The molecule has 35 heavy (non-hydrogen) atoms. The van der Waals surface area contributed by atoms with E-state index in [-0.39, 0.29) is 11.4 Å². The van der Waals surface area contributed by atoms with E-state index in [0.29, 0.717) is 11.1 Å². The molecular weight excluding hydrogens is 464 g/mol. The maximum Gasteiger partial charge on any atom is 0.412 e. The van der Waals surface area contributed by atoms with Gasteiger partial charge in [-0.05, 0) is 93.3 Å². The number of hydrogen-bond donors (Lipinski definition) is 1. The monoisotopic (exact) mass is 496 g/mol. The topological polar surface area (TPSA) is 84.9 Å². The van der Waals surface area contributed by atoms with Gasteiger partial charge in [0.1, 0.15) is 11.4 Å². The van der Waals surface area contributed by atoms with Crippen molar-refractivity contribution in [1.29, 1.82) is 0 Å². The Morgan fingerprint density at radius 3 is 2.26 bits per heavy atom. The van der Waals surface area contributed by atoms with Crippen LogP contribution in [0.2, 0.25) is 0 Å². The summed E-state index contributed by atoms with van der Waals surface area (Å²) in [5.74, 6) is 0.728. The van der Waals surface area contributed by atoms with Gasteiger partial charge >= 0.3 is 6.09 Å². The molecule has 0 bridgehead atoms. The van der Waals surface area contributed by atoms with Crippen LogP contribution in [0.1, 0.15) is 46.1 Å². The molecule has 1 N–H and O–H groups in total. The third-order valence-corrected chi connectivity index (χ3v) is 8.11. The van der Waals surface area contributed by atoms with Crippen LogP contribution in [0, 0.1) is 0 Å². The Labute approximate surface area is 207 Å². The second-order valence-electron chi connectivity index (χ2n) is 10.2. The van der Waals surface area contributed by atoms with Gasteiger partial charge in [0, 0.05) is 17.8 Å². The van der Waals surface area contributed by atoms with Crippen LogP contribution in [0.5, 0.6) is 5.75 Å². The number of fused-ring (bicyclic) bond motifs is 1. The lowest BCUT2D eigenvalue weighted by Gasteiger charge is -2.28. The highest BCUT2D eigenvalue weighted by Gasteiger charge is 2.49. The van der Waals surface area contributed by atoms with Crippen molar-refractivity contribution in [2.75, 3.05) is 12.4 Å². The Kier molecular flexibility index (Phi) is 6.55. The Balaban J connectivity index is 1.63. The van der Waals surface area contributed by atoms with Gasteiger partial charge in [-0.15, -0.1) is 0 Å². The third kappa shape index (κ3) is 5.77. The van der Waals surface area contributed by atoms with Crippen LogP contribution in [-0.2, 0) is 21.3 Å². The highest BCUT2D eigenvalue weighted by molar-refractivity contribution is 7.89. The number of carbonyl (C=O) groups is 1. The molecule has 0 aromatic heterocycles. The molecule has 1 saturated carbocycles. The normalized spacial score (nSPS) is 15.1. The van der Waals surface area contributed by atoms with E-state index >= 15 is 0 Å². The van der Waals surface area contributed by atoms with Crippen molar-refractivity contribution < 1.29 is 22.7 Å². The largest absolute Gasteiger partial charge is 0.497 e. The Morgan fingerprint density at radius 2 is 1.66 bits per heavy atom. The van der Waals surface area contributed by atoms with Crippen LogP contribution >= 0.6 is 0 Å². The van der Waals surface area contributed by atoms with Crippen molar-refractivity contribution in [3.05, 3.63) is 66.2 Å². The molecule has 0 heterocycles. The maximum absolute atomic E-state index is 13.8. The van der Waals surface area contributed by atoms with Gasteiger partial charge < -0.3 is 9.47 Å². The minimum Gasteiger partial charge on any atom is -0.497 e. The number of amides is 1. The lowest BCUT2D eigenvalue weighted by atomic mass is 10.1. The molecule has 3 aromatic rings. The Bertz CT molecular complexity index is 1340. The van der Waals surface area contributed by atoms with Crippen molar-refractivity contribution >= 4 is 32.6 Å². The number of nitrogens with zero attached hydrogens (tertiary/aromatic N) is 1. The summed E-state index contributed by atoms with van der Waals surface area (Å²) in [5.41, 5.74) is 0.403. The molecular formula is C27H32N2O5S. The SMILES string of the molecule is COc1ccc(CN(C2(C)CC2)S(=O)(=O)c2ccc3ccc(NC(=O)OC(C)(C)C)cc3c2)cc1. The number of ether oxygens (including phenoxy) is 2. The van der Waals surface area contributed by atoms with E-state index in [1.54, 1.807) is 62.5 Å². The zero-order chi connectivity index (χ0) is 25.4. The second kappa shape index (κ2) is 9.17. The van der Waals surface area contributed by atoms with Crippen LogP contribution in [0.25, 0.3) is 10.8 Å². The highest BCUT2D eigenvalue weighted by Crippen LogP contribution is 2.45. The standard InChI is InChI=1S/C27H32N2O5S/c1-26(2,3)34-25(30)28-22-10-8-20-9-13-24(17-21(20)16-22)35(31,32)29(27(4)14-15-27)18-19-6-11-23(33-5)12-7-19/h6-13,16-17H,14-15,18H2,1-5H3,(H,28,30). The van der Waals surface area contributed by atoms with Gasteiger partial charge in [0.05, 0.1) is 12.0 Å². The summed E-state index contributed by atoms with van der Waals surface area (Å²) < 4.78 is 39.8. The average Bonchev–Trinajstić information content (AvgIpc) is 3.53. The maximum atomic E-state index is 13.8. The predicted molar refractivity (Wildman–Crippen MR) is 137 cm³/mol. The molecule has 0 spiro atoms. The lowest BCUT2D eigenvalue weighted by molar-refractivity contribution is 0.0636.